The van der Waals surface area contributed by atoms with E-state index >= 15 is 0 Å². The zero-order valence-corrected chi connectivity index (χ0v) is 34.3. The van der Waals surface area contributed by atoms with Crippen molar-refractivity contribution in [3.63, 3.8) is 0 Å². The summed E-state index contributed by atoms with van der Waals surface area (Å²) in [6, 6.07) is 76.7. The molecule has 57 heavy (non-hydrogen) atoms. The van der Waals surface area contributed by atoms with E-state index in [2.05, 4.69) is 246 Å². The van der Waals surface area contributed by atoms with Gasteiger partial charge in [0.15, 0.2) is 8.07 Å². The molecule has 1 heteroatoms. The number of aryl methyl sites for hydroxylation is 4. The molecule has 0 aromatic heterocycles. The molecule has 0 bridgehead atoms. The molecule has 0 fully saturated rings. The van der Waals surface area contributed by atoms with Crippen molar-refractivity contribution < 1.29 is 0 Å². The minimum atomic E-state index is -2.75. The van der Waals surface area contributed by atoms with Crippen molar-refractivity contribution >= 4 is 52.1 Å². The van der Waals surface area contributed by atoms with Crippen molar-refractivity contribution in [2.24, 2.45) is 0 Å². The van der Waals surface area contributed by atoms with E-state index in [0.717, 1.165) is 0 Å². The highest BCUT2D eigenvalue weighted by Gasteiger charge is 2.41. The first kappa shape index (κ1) is 37.4. The third-order valence-electron chi connectivity index (χ3n) is 11.2. The van der Waals surface area contributed by atoms with Gasteiger partial charge in [0.25, 0.3) is 0 Å². The molecule has 0 aliphatic carbocycles. The molecule has 8 aromatic carbocycles. The molecule has 0 nitrogen and oxygen atoms in total. The molecule has 276 valence electrons. The minimum absolute atomic E-state index is 1.18. The van der Waals surface area contributed by atoms with Gasteiger partial charge in [-0.05, 0) is 105 Å². The third kappa shape index (κ3) is 8.07. The van der Waals surface area contributed by atoms with Crippen LogP contribution in [0.5, 0.6) is 0 Å². The summed E-state index contributed by atoms with van der Waals surface area (Å²) >= 11 is 0. The lowest BCUT2D eigenvalue weighted by molar-refractivity contribution is 1.43. The zero-order valence-electron chi connectivity index (χ0n) is 33.3. The Balaban J connectivity index is 1.26. The molecule has 0 atom stereocenters. The van der Waals surface area contributed by atoms with Gasteiger partial charge in [-0.3, -0.25) is 0 Å². The second kappa shape index (κ2) is 16.7. The number of benzene rings is 8. The molecule has 0 aliphatic heterocycles. The van der Waals surface area contributed by atoms with E-state index < -0.39 is 8.07 Å². The van der Waals surface area contributed by atoms with Crippen LogP contribution in [0.1, 0.15) is 55.6 Å². The molecule has 0 amide bonds. The van der Waals surface area contributed by atoms with Gasteiger partial charge >= 0.3 is 0 Å². The molecule has 8 rings (SSSR count). The van der Waals surface area contributed by atoms with Crippen LogP contribution < -0.4 is 20.7 Å². The summed E-state index contributed by atoms with van der Waals surface area (Å²) < 4.78 is 0. The van der Waals surface area contributed by atoms with Crippen LogP contribution in [-0.4, -0.2) is 8.07 Å². The van der Waals surface area contributed by atoms with Crippen LogP contribution in [0.2, 0.25) is 0 Å². The van der Waals surface area contributed by atoms with Gasteiger partial charge in [-0.15, -0.1) is 0 Å². The van der Waals surface area contributed by atoms with Gasteiger partial charge in [0.2, 0.25) is 0 Å². The smallest absolute Gasteiger partial charge is 0.0623 e. The summed E-state index contributed by atoms with van der Waals surface area (Å²) in [6.45, 7) is 8.58. The lowest BCUT2D eigenvalue weighted by Gasteiger charge is -2.34. The Morgan fingerprint density at radius 2 is 0.526 bits per heavy atom. The van der Waals surface area contributed by atoms with E-state index in [9.17, 15) is 0 Å². The van der Waals surface area contributed by atoms with Crippen LogP contribution >= 0.6 is 0 Å². The molecule has 0 saturated carbocycles. The maximum atomic E-state index is 2.39. The van der Waals surface area contributed by atoms with Crippen LogP contribution in [0.3, 0.4) is 0 Å². The molecule has 8 aromatic rings. The van der Waals surface area contributed by atoms with Gasteiger partial charge in [0.1, 0.15) is 0 Å². The number of hydrogen-bond donors (Lipinski definition) is 0. The lowest BCUT2D eigenvalue weighted by Crippen LogP contribution is -2.74. The van der Waals surface area contributed by atoms with E-state index in [1.54, 1.807) is 0 Å². The molecule has 0 N–H and O–H groups in total. The number of rotatable bonds is 10. The minimum Gasteiger partial charge on any atom is -0.0623 e. The molecule has 0 radical (unpaired) electrons. The third-order valence-corrected chi connectivity index (χ3v) is 16.0. The Kier molecular flexibility index (Phi) is 10.9. The Labute approximate surface area is 340 Å². The molecular formula is C56H48Si. The van der Waals surface area contributed by atoms with Crippen LogP contribution in [0.25, 0.3) is 23.3 Å². The topological polar surface area (TPSA) is 0 Å². The average Bonchev–Trinajstić information content (AvgIpc) is 3.25. The second-order valence-corrected chi connectivity index (χ2v) is 19.1. The molecule has 0 saturated heterocycles. The van der Waals surface area contributed by atoms with Crippen molar-refractivity contribution in [3.05, 3.63) is 262 Å². The Morgan fingerprint density at radius 1 is 0.281 bits per heavy atom. The first-order chi connectivity index (χ1) is 27.9. The van der Waals surface area contributed by atoms with Crippen molar-refractivity contribution in [2.45, 2.75) is 27.7 Å². The summed E-state index contributed by atoms with van der Waals surface area (Å²) in [5, 5.41) is 5.44. The molecule has 0 spiro atoms. The Hall–Kier alpha value is -6.54. The molecule has 0 heterocycles. The van der Waals surface area contributed by atoms with E-state index in [-0.39, 0.29) is 0 Å². The van der Waals surface area contributed by atoms with Crippen LogP contribution in [0.15, 0.2) is 206 Å². The fraction of sp³-hybridized carbons (Fsp3) is 0.0714. The number of hydrogen-bond acceptors (Lipinski definition) is 0. The first-order valence-corrected chi connectivity index (χ1v) is 21.9. The van der Waals surface area contributed by atoms with E-state index in [1.165, 1.54) is 87.5 Å². The van der Waals surface area contributed by atoms with Gasteiger partial charge in [-0.25, -0.2) is 0 Å². The van der Waals surface area contributed by atoms with E-state index in [4.69, 9.17) is 0 Å². The fourth-order valence-electron chi connectivity index (χ4n) is 7.97. The normalized spacial score (nSPS) is 11.2. The van der Waals surface area contributed by atoms with Crippen molar-refractivity contribution in [1.29, 1.82) is 0 Å². The van der Waals surface area contributed by atoms with Crippen molar-refractivity contribution in [1.82, 2.24) is 0 Å². The van der Waals surface area contributed by atoms with E-state index in [0.29, 0.717) is 0 Å². The van der Waals surface area contributed by atoms with Gasteiger partial charge < -0.3 is 0 Å². The summed E-state index contributed by atoms with van der Waals surface area (Å²) in [7, 11) is -2.75. The average molecular weight is 749 g/mol. The maximum absolute atomic E-state index is 2.75. The zero-order chi connectivity index (χ0) is 39.2. The van der Waals surface area contributed by atoms with Crippen LogP contribution in [0, 0.1) is 27.7 Å². The second-order valence-electron chi connectivity index (χ2n) is 15.3. The highest BCUT2D eigenvalue weighted by molar-refractivity contribution is 7.19. The van der Waals surface area contributed by atoms with Gasteiger partial charge in [-0.2, -0.15) is 0 Å². The summed E-state index contributed by atoms with van der Waals surface area (Å²) in [4.78, 5) is 0. The van der Waals surface area contributed by atoms with Crippen LogP contribution in [0.4, 0.5) is 0 Å². The van der Waals surface area contributed by atoms with Gasteiger partial charge in [0, 0.05) is 0 Å². The predicted molar refractivity (Wildman–Crippen MR) is 249 cm³/mol. The van der Waals surface area contributed by atoms with Crippen LogP contribution in [-0.2, 0) is 0 Å². The molecule has 0 aliphatic rings. The highest BCUT2D eigenvalue weighted by atomic mass is 28.3. The fourth-order valence-corrected chi connectivity index (χ4v) is 12.7. The Morgan fingerprint density at radius 3 is 0.789 bits per heavy atom. The van der Waals surface area contributed by atoms with Gasteiger partial charge in [0.05, 0.1) is 0 Å². The monoisotopic (exact) mass is 748 g/mol. The van der Waals surface area contributed by atoms with E-state index in [1.807, 2.05) is 0 Å². The van der Waals surface area contributed by atoms with Crippen molar-refractivity contribution in [2.75, 3.05) is 0 Å². The lowest BCUT2D eigenvalue weighted by atomic mass is 9.94. The van der Waals surface area contributed by atoms with Gasteiger partial charge in [-0.1, -0.05) is 229 Å². The quantitative estimate of drug-likeness (QED) is 0.0742. The SMILES string of the molecule is Cc1ccc(C(=Cc2ccc([Si](c3ccccc3)(c3ccccc3)c3ccc(C=C(c4ccc(C)cc4)c4ccc(C)cc4)cc3)cc2)c2ccc(C)cc2)cc1. The molecular weight excluding hydrogens is 701 g/mol. The maximum Gasteiger partial charge on any atom is 0.179 e. The largest absolute Gasteiger partial charge is 0.179 e. The first-order valence-electron chi connectivity index (χ1n) is 19.9. The van der Waals surface area contributed by atoms with Crippen molar-refractivity contribution in [3.8, 4) is 0 Å². The summed E-state index contributed by atoms with van der Waals surface area (Å²) in [5.74, 6) is 0. The summed E-state index contributed by atoms with van der Waals surface area (Å²) in [5.41, 5.74) is 14.7. The molecule has 0 unspecified atom stereocenters. The standard InChI is InChI=1S/C56H48Si/c1-41-15-27-47(28-16-41)55(48-29-17-42(2)18-30-48)39-45-23-35-53(36-24-45)57(51-11-7-5-8-12-51,52-13-9-6-10-14-52)54-37-25-46(26-38-54)40-56(49-31-19-43(3)20-32-49)50-33-21-44(4)22-34-50/h5-40H,1-4H3. The highest BCUT2D eigenvalue weighted by Crippen LogP contribution is 2.29. The Bertz CT molecular complexity index is 2330. The predicted octanol–water partition coefficient (Wildman–Crippen LogP) is 11.5. The summed E-state index contributed by atoms with van der Waals surface area (Å²) in [6.07, 6.45) is 4.68.